The van der Waals surface area contributed by atoms with Crippen LogP contribution in [0, 0.1) is 0 Å². The van der Waals surface area contributed by atoms with Crippen LogP contribution in [0.4, 0.5) is 0 Å². The molecule has 8 heteroatoms. The Kier molecular flexibility index (Phi) is 6.23. The Hall–Kier alpha value is -4.04. The number of nitrogens with one attached hydrogen (secondary N) is 2. The van der Waals surface area contributed by atoms with Crippen LogP contribution >= 0.6 is 15.9 Å². The summed E-state index contributed by atoms with van der Waals surface area (Å²) in [6.45, 7) is 0. The molecule has 1 amide bonds. The summed E-state index contributed by atoms with van der Waals surface area (Å²) >= 11 is 3.23. The second-order valence-electron chi connectivity index (χ2n) is 6.79. The summed E-state index contributed by atoms with van der Waals surface area (Å²) in [4.78, 5) is 25.7. The molecule has 0 saturated heterocycles. The van der Waals surface area contributed by atoms with E-state index in [0.29, 0.717) is 26.9 Å². The van der Waals surface area contributed by atoms with Crippen LogP contribution in [0.5, 0.6) is 5.75 Å². The molecule has 0 bridgehead atoms. The van der Waals surface area contributed by atoms with Crippen LogP contribution in [0.25, 0.3) is 22.4 Å². The first kappa shape index (κ1) is 21.2. The van der Waals surface area contributed by atoms with Gasteiger partial charge in [0.1, 0.15) is 11.3 Å². The van der Waals surface area contributed by atoms with Crippen molar-refractivity contribution in [2.24, 2.45) is 5.10 Å². The molecule has 158 valence electrons. The lowest BCUT2D eigenvalue weighted by Gasteiger charge is -2.12. The van der Waals surface area contributed by atoms with Crippen molar-refractivity contribution in [1.29, 1.82) is 0 Å². The molecule has 0 radical (unpaired) electrons. The number of hydrogen-bond donors (Lipinski definition) is 3. The van der Waals surface area contributed by atoms with Crippen molar-refractivity contribution < 1.29 is 9.90 Å². The van der Waals surface area contributed by atoms with E-state index in [0.717, 1.165) is 5.56 Å². The zero-order valence-electron chi connectivity index (χ0n) is 16.6. The smallest absolute Gasteiger partial charge is 0.277 e. The van der Waals surface area contributed by atoms with Gasteiger partial charge in [0.15, 0.2) is 0 Å². The summed E-state index contributed by atoms with van der Waals surface area (Å²) < 4.78 is 0.497. The molecule has 0 aliphatic heterocycles. The molecule has 0 fully saturated rings. The standard InChI is InChI=1S/C24H17BrN4O3/c25-18-13-15(11-12-19(18)30)14-26-28-23(31)21-20(16-7-3-1-4-8-16)22(27-29-24(21)32)17-9-5-2-6-10-17/h1-14,30H,(H,28,31)(H,29,32). The van der Waals surface area contributed by atoms with Gasteiger partial charge in [0.2, 0.25) is 0 Å². The molecule has 3 aromatic carbocycles. The van der Waals surface area contributed by atoms with Crippen molar-refractivity contribution >= 4 is 28.1 Å². The molecule has 32 heavy (non-hydrogen) atoms. The minimum absolute atomic E-state index is 0.0888. The number of phenolic OH excluding ortho intramolecular Hbond substituents is 1. The van der Waals surface area contributed by atoms with Gasteiger partial charge < -0.3 is 5.11 Å². The quantitative estimate of drug-likeness (QED) is 0.287. The predicted octanol–water partition coefficient (Wildman–Crippen LogP) is 4.34. The Labute approximate surface area is 191 Å². The first-order chi connectivity index (χ1) is 15.5. The number of carbonyl (C=O) groups is 1. The van der Waals surface area contributed by atoms with Gasteiger partial charge in [0, 0.05) is 11.1 Å². The summed E-state index contributed by atoms with van der Waals surface area (Å²) in [6.07, 6.45) is 1.41. The second-order valence-corrected chi connectivity index (χ2v) is 7.65. The minimum Gasteiger partial charge on any atom is -0.507 e. The Balaban J connectivity index is 1.76. The number of amides is 1. The van der Waals surface area contributed by atoms with E-state index < -0.39 is 11.5 Å². The fourth-order valence-corrected chi connectivity index (χ4v) is 3.58. The first-order valence-electron chi connectivity index (χ1n) is 9.60. The van der Waals surface area contributed by atoms with Crippen LogP contribution in [0.2, 0.25) is 0 Å². The SMILES string of the molecule is O=C(NN=Cc1ccc(O)c(Br)c1)c1c(-c2ccccc2)c(-c2ccccc2)n[nH]c1=O. The summed E-state index contributed by atoms with van der Waals surface area (Å²) in [6, 6.07) is 23.2. The third kappa shape index (κ3) is 4.50. The van der Waals surface area contributed by atoms with E-state index in [4.69, 9.17) is 0 Å². The van der Waals surface area contributed by atoms with Gasteiger partial charge in [-0.15, -0.1) is 0 Å². The van der Waals surface area contributed by atoms with Crippen molar-refractivity contribution in [3.63, 3.8) is 0 Å². The van der Waals surface area contributed by atoms with Crippen LogP contribution in [0.3, 0.4) is 0 Å². The maximum absolute atomic E-state index is 13.0. The number of aromatic nitrogens is 2. The van der Waals surface area contributed by atoms with Gasteiger partial charge in [-0.3, -0.25) is 9.59 Å². The van der Waals surface area contributed by atoms with Gasteiger partial charge in [-0.1, -0.05) is 60.7 Å². The highest BCUT2D eigenvalue weighted by Gasteiger charge is 2.22. The molecular formula is C24H17BrN4O3. The molecule has 0 saturated carbocycles. The highest BCUT2D eigenvalue weighted by molar-refractivity contribution is 9.10. The predicted molar refractivity (Wildman–Crippen MR) is 127 cm³/mol. The van der Waals surface area contributed by atoms with Gasteiger partial charge in [0.05, 0.1) is 16.4 Å². The number of phenols is 1. The lowest BCUT2D eigenvalue weighted by Crippen LogP contribution is -2.28. The molecule has 3 N–H and O–H groups in total. The molecule has 4 aromatic rings. The van der Waals surface area contributed by atoms with Crippen molar-refractivity contribution in [3.8, 4) is 28.1 Å². The number of nitrogens with zero attached hydrogens (tertiary/aromatic N) is 2. The number of carbonyl (C=O) groups excluding carboxylic acids is 1. The van der Waals surface area contributed by atoms with Gasteiger partial charge in [-0.05, 0) is 45.3 Å². The summed E-state index contributed by atoms with van der Waals surface area (Å²) in [5.74, 6) is -0.575. The Bertz CT molecular complexity index is 1350. The van der Waals surface area contributed by atoms with E-state index in [1.54, 1.807) is 12.1 Å². The molecule has 0 atom stereocenters. The van der Waals surface area contributed by atoms with E-state index in [2.05, 4.69) is 36.7 Å². The number of halogens is 1. The van der Waals surface area contributed by atoms with Crippen molar-refractivity contribution in [3.05, 3.63) is 105 Å². The molecule has 0 unspecified atom stereocenters. The zero-order chi connectivity index (χ0) is 22.5. The largest absolute Gasteiger partial charge is 0.507 e. The van der Waals surface area contributed by atoms with Gasteiger partial charge in [0.25, 0.3) is 11.5 Å². The van der Waals surface area contributed by atoms with Crippen molar-refractivity contribution in [2.45, 2.75) is 0 Å². The number of H-pyrrole nitrogens is 1. The normalized spacial score (nSPS) is 10.9. The van der Waals surface area contributed by atoms with Crippen LogP contribution in [-0.4, -0.2) is 27.4 Å². The van der Waals surface area contributed by atoms with E-state index in [1.807, 2.05) is 60.7 Å². The summed E-state index contributed by atoms with van der Waals surface area (Å²) in [7, 11) is 0. The van der Waals surface area contributed by atoms with Crippen molar-refractivity contribution in [2.75, 3.05) is 0 Å². The Morgan fingerprint density at radius 3 is 2.31 bits per heavy atom. The second kappa shape index (κ2) is 9.40. The van der Waals surface area contributed by atoms with Crippen LogP contribution < -0.4 is 11.0 Å². The van der Waals surface area contributed by atoms with E-state index in [1.165, 1.54) is 12.3 Å². The highest BCUT2D eigenvalue weighted by Crippen LogP contribution is 2.31. The Morgan fingerprint density at radius 1 is 1.00 bits per heavy atom. The molecule has 1 aromatic heterocycles. The third-order valence-corrected chi connectivity index (χ3v) is 5.31. The van der Waals surface area contributed by atoms with Gasteiger partial charge in [-0.25, -0.2) is 10.5 Å². The van der Waals surface area contributed by atoms with E-state index >= 15 is 0 Å². The molecule has 0 spiro atoms. The van der Waals surface area contributed by atoms with Gasteiger partial charge >= 0.3 is 0 Å². The number of hydrazone groups is 1. The number of benzene rings is 3. The maximum atomic E-state index is 13.0. The molecule has 0 aliphatic rings. The Morgan fingerprint density at radius 2 is 1.66 bits per heavy atom. The number of hydrogen-bond acceptors (Lipinski definition) is 5. The molecule has 1 heterocycles. The average molecular weight is 489 g/mol. The fourth-order valence-electron chi connectivity index (χ4n) is 3.18. The highest BCUT2D eigenvalue weighted by atomic mass is 79.9. The number of aromatic hydroxyl groups is 1. The zero-order valence-corrected chi connectivity index (χ0v) is 18.2. The first-order valence-corrected chi connectivity index (χ1v) is 10.4. The lowest BCUT2D eigenvalue weighted by molar-refractivity contribution is 0.0954. The maximum Gasteiger partial charge on any atom is 0.277 e. The average Bonchev–Trinajstić information content (AvgIpc) is 2.82. The van der Waals surface area contributed by atoms with E-state index in [-0.39, 0.29) is 11.3 Å². The van der Waals surface area contributed by atoms with Gasteiger partial charge in [-0.2, -0.15) is 10.2 Å². The minimum atomic E-state index is -0.668. The molecule has 0 aliphatic carbocycles. The third-order valence-electron chi connectivity index (χ3n) is 4.67. The molecule has 4 rings (SSSR count). The monoisotopic (exact) mass is 488 g/mol. The van der Waals surface area contributed by atoms with Crippen LogP contribution in [0.1, 0.15) is 15.9 Å². The lowest BCUT2D eigenvalue weighted by atomic mass is 9.95. The van der Waals surface area contributed by atoms with Crippen LogP contribution in [0.15, 0.2) is 93.2 Å². The molecular weight excluding hydrogens is 472 g/mol. The topological polar surface area (TPSA) is 107 Å². The fraction of sp³-hybridized carbons (Fsp3) is 0. The van der Waals surface area contributed by atoms with Crippen molar-refractivity contribution in [1.82, 2.24) is 15.6 Å². The van der Waals surface area contributed by atoms with E-state index in [9.17, 15) is 14.7 Å². The number of aromatic amines is 1. The van der Waals surface area contributed by atoms with Crippen LogP contribution in [-0.2, 0) is 0 Å². The number of rotatable bonds is 5. The summed E-state index contributed by atoms with van der Waals surface area (Å²) in [5, 5.41) is 20.2. The molecule has 7 nitrogen and oxygen atoms in total. The summed E-state index contributed by atoms with van der Waals surface area (Å²) in [5.41, 5.74) is 4.69.